The number of nitrogens with one attached hydrogen (secondary N) is 2. The lowest BCUT2D eigenvalue weighted by atomic mass is 10.2. The molecule has 11 heteroatoms. The van der Waals surface area contributed by atoms with E-state index >= 15 is 0 Å². The number of nitrogens with zero attached hydrogens (tertiary/aromatic N) is 1. The molecule has 0 aliphatic carbocycles. The molecule has 35 heavy (non-hydrogen) atoms. The van der Waals surface area contributed by atoms with Crippen LogP contribution in [0.15, 0.2) is 82.6 Å². The summed E-state index contributed by atoms with van der Waals surface area (Å²) in [5, 5.41) is 2.66. The molecule has 0 atom stereocenters. The van der Waals surface area contributed by atoms with Crippen LogP contribution in [0.1, 0.15) is 24.2 Å². The van der Waals surface area contributed by atoms with E-state index in [2.05, 4.69) is 10.0 Å². The van der Waals surface area contributed by atoms with Gasteiger partial charge in [0.1, 0.15) is 5.75 Å². The molecule has 0 bridgehead atoms. The van der Waals surface area contributed by atoms with Crippen LogP contribution in [0.25, 0.3) is 0 Å². The largest absolute Gasteiger partial charge is 0.495 e. The number of methoxy groups -OCH3 is 1. The van der Waals surface area contributed by atoms with Gasteiger partial charge in [-0.25, -0.2) is 21.6 Å². The molecule has 0 aliphatic heterocycles. The summed E-state index contributed by atoms with van der Waals surface area (Å²) in [5.41, 5.74) is 0.794. The Balaban J connectivity index is 1.83. The quantitative estimate of drug-likeness (QED) is 0.448. The van der Waals surface area contributed by atoms with Crippen LogP contribution < -0.4 is 19.1 Å². The van der Waals surface area contributed by atoms with E-state index in [0.717, 1.165) is 4.31 Å². The van der Waals surface area contributed by atoms with Gasteiger partial charge in [-0.05, 0) is 68.4 Å². The highest BCUT2D eigenvalue weighted by Crippen LogP contribution is 2.29. The monoisotopic (exact) mass is 517 g/mol. The van der Waals surface area contributed by atoms with Crippen LogP contribution in [-0.4, -0.2) is 42.9 Å². The molecule has 0 saturated carbocycles. The van der Waals surface area contributed by atoms with Gasteiger partial charge in [0.25, 0.3) is 15.9 Å². The third-order valence-electron chi connectivity index (χ3n) is 5.02. The number of hydrogen-bond donors (Lipinski definition) is 2. The highest BCUT2D eigenvalue weighted by atomic mass is 32.2. The van der Waals surface area contributed by atoms with Crippen LogP contribution in [0.4, 0.5) is 11.4 Å². The fraction of sp³-hybridized carbons (Fsp3) is 0.208. The summed E-state index contributed by atoms with van der Waals surface area (Å²) in [6, 6.07) is 17.9. The lowest BCUT2D eigenvalue weighted by molar-refractivity contribution is 0.102. The summed E-state index contributed by atoms with van der Waals surface area (Å²) in [6.45, 7) is 3.41. The van der Waals surface area contributed by atoms with E-state index in [-0.39, 0.29) is 32.8 Å². The SMILES string of the molecule is COc1ccc(S(=O)(=O)NC(C)C)cc1NC(=O)c1ccc(N(C)S(=O)(=O)c2ccccc2)cc1. The zero-order valence-electron chi connectivity index (χ0n) is 19.7. The van der Waals surface area contributed by atoms with Gasteiger partial charge >= 0.3 is 0 Å². The first-order valence-electron chi connectivity index (χ1n) is 10.6. The third-order valence-corrected chi connectivity index (χ3v) is 8.47. The predicted molar refractivity (Wildman–Crippen MR) is 135 cm³/mol. The van der Waals surface area contributed by atoms with Crippen molar-refractivity contribution in [2.24, 2.45) is 0 Å². The number of amides is 1. The Morgan fingerprint density at radius 1 is 0.886 bits per heavy atom. The molecule has 0 heterocycles. The molecule has 3 aromatic carbocycles. The Morgan fingerprint density at radius 2 is 1.51 bits per heavy atom. The van der Waals surface area contributed by atoms with E-state index in [1.807, 2.05) is 0 Å². The maximum absolute atomic E-state index is 12.9. The third kappa shape index (κ3) is 5.99. The van der Waals surface area contributed by atoms with Crippen molar-refractivity contribution in [3.05, 3.63) is 78.4 Å². The van der Waals surface area contributed by atoms with E-state index < -0.39 is 26.0 Å². The number of rotatable bonds is 9. The number of sulfonamides is 2. The minimum absolute atomic E-state index is 0.0228. The van der Waals surface area contributed by atoms with Crippen molar-refractivity contribution in [3.8, 4) is 5.75 Å². The van der Waals surface area contributed by atoms with Gasteiger partial charge < -0.3 is 10.1 Å². The topological polar surface area (TPSA) is 122 Å². The van der Waals surface area contributed by atoms with E-state index in [1.165, 1.54) is 68.8 Å². The van der Waals surface area contributed by atoms with Crippen LogP contribution in [0, 0.1) is 0 Å². The Bertz CT molecular complexity index is 1410. The van der Waals surface area contributed by atoms with Gasteiger partial charge in [-0.15, -0.1) is 0 Å². The molecule has 0 aliphatic rings. The summed E-state index contributed by atoms with van der Waals surface area (Å²) in [6.07, 6.45) is 0. The fourth-order valence-electron chi connectivity index (χ4n) is 3.24. The Kier molecular flexibility index (Phi) is 7.83. The van der Waals surface area contributed by atoms with Crippen molar-refractivity contribution >= 4 is 37.3 Å². The summed E-state index contributed by atoms with van der Waals surface area (Å²) < 4.78 is 59.6. The first kappa shape index (κ1) is 26.2. The Morgan fingerprint density at radius 3 is 2.09 bits per heavy atom. The molecular weight excluding hydrogens is 490 g/mol. The van der Waals surface area contributed by atoms with Crippen LogP contribution >= 0.6 is 0 Å². The molecular formula is C24H27N3O6S2. The van der Waals surface area contributed by atoms with E-state index in [1.54, 1.807) is 32.0 Å². The van der Waals surface area contributed by atoms with Gasteiger partial charge in [0.2, 0.25) is 10.0 Å². The second kappa shape index (κ2) is 10.5. The lowest BCUT2D eigenvalue weighted by Gasteiger charge is -2.20. The maximum atomic E-state index is 12.9. The average Bonchev–Trinajstić information content (AvgIpc) is 2.83. The summed E-state index contributed by atoms with van der Waals surface area (Å²) in [4.78, 5) is 13.0. The van der Waals surface area contributed by atoms with Gasteiger partial charge in [0, 0.05) is 18.7 Å². The fourth-order valence-corrected chi connectivity index (χ4v) is 5.73. The number of benzene rings is 3. The second-order valence-electron chi connectivity index (χ2n) is 7.92. The van der Waals surface area contributed by atoms with E-state index in [4.69, 9.17) is 4.74 Å². The lowest BCUT2D eigenvalue weighted by Crippen LogP contribution is -2.30. The van der Waals surface area contributed by atoms with Gasteiger partial charge in [-0.2, -0.15) is 0 Å². The molecule has 3 rings (SSSR count). The molecule has 3 aromatic rings. The van der Waals surface area contributed by atoms with Crippen molar-refractivity contribution in [2.75, 3.05) is 23.8 Å². The molecule has 0 unspecified atom stereocenters. The van der Waals surface area contributed by atoms with E-state index in [0.29, 0.717) is 5.69 Å². The van der Waals surface area contributed by atoms with Gasteiger partial charge in [0.15, 0.2) is 0 Å². The number of hydrogen-bond acceptors (Lipinski definition) is 6. The first-order valence-corrected chi connectivity index (χ1v) is 13.5. The van der Waals surface area contributed by atoms with Crippen LogP contribution in [0.3, 0.4) is 0 Å². The summed E-state index contributed by atoms with van der Waals surface area (Å²) in [7, 11) is -4.70. The highest BCUT2D eigenvalue weighted by Gasteiger charge is 2.22. The van der Waals surface area contributed by atoms with Crippen LogP contribution in [0.5, 0.6) is 5.75 Å². The molecule has 0 spiro atoms. The van der Waals surface area contributed by atoms with Crippen LogP contribution in [-0.2, 0) is 20.0 Å². The highest BCUT2D eigenvalue weighted by molar-refractivity contribution is 7.92. The second-order valence-corrected chi connectivity index (χ2v) is 11.6. The molecule has 0 fully saturated rings. The Hall–Kier alpha value is -3.41. The number of carbonyl (C=O) groups is 1. The molecule has 186 valence electrons. The first-order chi connectivity index (χ1) is 16.5. The van der Waals surface area contributed by atoms with Crippen molar-refractivity contribution in [1.82, 2.24) is 4.72 Å². The molecule has 9 nitrogen and oxygen atoms in total. The zero-order valence-corrected chi connectivity index (χ0v) is 21.4. The van der Waals surface area contributed by atoms with Crippen molar-refractivity contribution in [2.45, 2.75) is 29.7 Å². The van der Waals surface area contributed by atoms with E-state index in [9.17, 15) is 21.6 Å². The van der Waals surface area contributed by atoms with Crippen molar-refractivity contribution < 1.29 is 26.4 Å². The predicted octanol–water partition coefficient (Wildman–Crippen LogP) is 3.46. The number of anilines is 2. The van der Waals surface area contributed by atoms with Gasteiger partial charge in [0.05, 0.1) is 28.3 Å². The van der Waals surface area contributed by atoms with Gasteiger partial charge in [-0.1, -0.05) is 18.2 Å². The molecule has 0 saturated heterocycles. The average molecular weight is 518 g/mol. The van der Waals surface area contributed by atoms with Crippen molar-refractivity contribution in [3.63, 3.8) is 0 Å². The number of carbonyl (C=O) groups excluding carboxylic acids is 1. The van der Waals surface area contributed by atoms with Gasteiger partial charge in [-0.3, -0.25) is 9.10 Å². The number of ether oxygens (including phenoxy) is 1. The molecule has 0 radical (unpaired) electrons. The molecule has 2 N–H and O–H groups in total. The molecule has 1 amide bonds. The Labute approximate surface area is 205 Å². The minimum Gasteiger partial charge on any atom is -0.495 e. The van der Waals surface area contributed by atoms with Crippen molar-refractivity contribution in [1.29, 1.82) is 0 Å². The maximum Gasteiger partial charge on any atom is 0.264 e. The smallest absolute Gasteiger partial charge is 0.264 e. The summed E-state index contributed by atoms with van der Waals surface area (Å²) >= 11 is 0. The normalized spacial score (nSPS) is 11.8. The van der Waals surface area contributed by atoms with Crippen LogP contribution in [0.2, 0.25) is 0 Å². The molecule has 0 aromatic heterocycles. The standard InChI is InChI=1S/C24H27N3O6S2/c1-17(2)26-34(29,30)21-14-15-23(33-4)22(16-21)25-24(28)18-10-12-19(13-11-18)27(3)35(31,32)20-8-6-5-7-9-20/h5-17,26H,1-4H3,(H,25,28). The zero-order chi connectivity index (χ0) is 25.8. The summed E-state index contributed by atoms with van der Waals surface area (Å²) in [5.74, 6) is -0.234. The minimum atomic E-state index is -3.78.